The Morgan fingerprint density at radius 1 is 1.25 bits per heavy atom. The van der Waals surface area contributed by atoms with Crippen LogP contribution < -0.4 is 0 Å². The third-order valence-electron chi connectivity index (χ3n) is 4.06. The molecule has 0 amide bonds. The smallest absolute Gasteiger partial charge is 0.211 e. The largest absolute Gasteiger partial charge is 0.379 e. The van der Waals surface area contributed by atoms with Gasteiger partial charge in [-0.05, 0) is 12.5 Å². The van der Waals surface area contributed by atoms with E-state index in [-0.39, 0.29) is 6.54 Å². The molecule has 0 atom stereocenters. The van der Waals surface area contributed by atoms with Gasteiger partial charge in [0.15, 0.2) is 0 Å². The van der Waals surface area contributed by atoms with Crippen molar-refractivity contribution in [3.8, 4) is 0 Å². The highest BCUT2D eigenvalue weighted by atomic mass is 32.2. The summed E-state index contributed by atoms with van der Waals surface area (Å²) < 4.78 is 33.3. The first-order valence-electron chi connectivity index (χ1n) is 7.93. The molecule has 0 radical (unpaired) electrons. The molecule has 1 aromatic heterocycles. The van der Waals surface area contributed by atoms with Crippen LogP contribution in [0.15, 0.2) is 24.3 Å². The molecule has 0 bridgehead atoms. The summed E-state index contributed by atoms with van der Waals surface area (Å²) in [6, 6.07) is 7.86. The van der Waals surface area contributed by atoms with Crippen molar-refractivity contribution in [1.29, 1.82) is 0 Å². The van der Waals surface area contributed by atoms with E-state index >= 15 is 0 Å². The second-order valence-electron chi connectivity index (χ2n) is 6.07. The quantitative estimate of drug-likeness (QED) is 0.808. The predicted octanol–water partition coefficient (Wildman–Crippen LogP) is 1.12. The van der Waals surface area contributed by atoms with Gasteiger partial charge in [0.05, 0.1) is 26.0 Å². The van der Waals surface area contributed by atoms with Crippen molar-refractivity contribution in [1.82, 2.24) is 19.1 Å². The summed E-state index contributed by atoms with van der Waals surface area (Å²) in [6.07, 6.45) is 1.93. The zero-order chi connectivity index (χ0) is 17.2. The van der Waals surface area contributed by atoms with Gasteiger partial charge in [-0.1, -0.05) is 29.8 Å². The molecule has 1 aromatic carbocycles. The van der Waals surface area contributed by atoms with Gasteiger partial charge in [0, 0.05) is 19.5 Å². The maximum Gasteiger partial charge on any atom is 0.211 e. The number of benzene rings is 1. The molecule has 0 N–H and O–H groups in total. The zero-order valence-corrected chi connectivity index (χ0v) is 14.8. The van der Waals surface area contributed by atoms with Crippen LogP contribution in [0.5, 0.6) is 0 Å². The molecule has 0 saturated heterocycles. The third-order valence-corrected chi connectivity index (χ3v) is 5.26. The highest BCUT2D eigenvalue weighted by molar-refractivity contribution is 7.88. The Morgan fingerprint density at radius 2 is 2.08 bits per heavy atom. The van der Waals surface area contributed by atoms with Gasteiger partial charge in [-0.2, -0.15) is 4.31 Å². The van der Waals surface area contributed by atoms with Crippen molar-refractivity contribution < 1.29 is 13.2 Å². The van der Waals surface area contributed by atoms with E-state index in [2.05, 4.69) is 10.2 Å². The highest BCUT2D eigenvalue weighted by Crippen LogP contribution is 2.15. The van der Waals surface area contributed by atoms with E-state index < -0.39 is 10.0 Å². The van der Waals surface area contributed by atoms with E-state index in [0.29, 0.717) is 38.5 Å². The molecule has 2 aromatic rings. The van der Waals surface area contributed by atoms with Gasteiger partial charge in [0.1, 0.15) is 11.6 Å². The summed E-state index contributed by atoms with van der Waals surface area (Å²) >= 11 is 0. The summed E-state index contributed by atoms with van der Waals surface area (Å²) in [5.41, 5.74) is 2.06. The fourth-order valence-electron chi connectivity index (χ4n) is 2.82. The predicted molar refractivity (Wildman–Crippen MR) is 89.8 cm³/mol. The second kappa shape index (κ2) is 7.00. The lowest BCUT2D eigenvalue weighted by Gasteiger charge is -2.20. The molecule has 3 rings (SSSR count). The van der Waals surface area contributed by atoms with Crippen molar-refractivity contribution >= 4 is 10.0 Å². The van der Waals surface area contributed by atoms with Gasteiger partial charge in [0.2, 0.25) is 10.0 Å². The molecule has 0 saturated carbocycles. The normalized spacial score (nSPS) is 15.3. The first-order chi connectivity index (χ1) is 11.4. The number of hydrogen-bond donors (Lipinski definition) is 0. The minimum atomic E-state index is -3.37. The lowest BCUT2D eigenvalue weighted by Crippen LogP contribution is -2.30. The molecule has 1 aliphatic rings. The summed E-state index contributed by atoms with van der Waals surface area (Å²) in [6.45, 7) is 4.39. The van der Waals surface area contributed by atoms with E-state index in [1.165, 1.54) is 10.6 Å². The van der Waals surface area contributed by atoms with Crippen LogP contribution in [0.4, 0.5) is 0 Å². The lowest BCUT2D eigenvalue weighted by molar-refractivity contribution is 0.139. The van der Waals surface area contributed by atoms with Gasteiger partial charge < -0.3 is 9.30 Å². The van der Waals surface area contributed by atoms with Gasteiger partial charge in [0.25, 0.3) is 0 Å². The summed E-state index contributed by atoms with van der Waals surface area (Å²) in [7, 11) is -3.37. The SMILES string of the molecule is Cc1cccc(CN(Cc2nnc3n2CCOCC3)S(C)(=O)=O)c1. The molecule has 0 aliphatic carbocycles. The maximum atomic E-state index is 12.2. The number of sulfonamides is 1. The van der Waals surface area contributed by atoms with E-state index in [0.717, 1.165) is 17.0 Å². The van der Waals surface area contributed by atoms with Crippen LogP contribution in [0.2, 0.25) is 0 Å². The first kappa shape index (κ1) is 17.1. The van der Waals surface area contributed by atoms with Gasteiger partial charge in [-0.15, -0.1) is 10.2 Å². The topological polar surface area (TPSA) is 77.3 Å². The number of nitrogens with zero attached hydrogens (tertiary/aromatic N) is 4. The molecular formula is C16H22N4O3S. The van der Waals surface area contributed by atoms with Crippen LogP contribution >= 0.6 is 0 Å². The molecule has 7 nitrogen and oxygen atoms in total. The Morgan fingerprint density at radius 3 is 2.83 bits per heavy atom. The number of aryl methyl sites for hydroxylation is 1. The number of rotatable bonds is 5. The molecule has 130 valence electrons. The van der Waals surface area contributed by atoms with Gasteiger partial charge >= 0.3 is 0 Å². The van der Waals surface area contributed by atoms with Gasteiger partial charge in [-0.3, -0.25) is 0 Å². The van der Waals surface area contributed by atoms with Crippen LogP contribution in [0, 0.1) is 6.92 Å². The zero-order valence-electron chi connectivity index (χ0n) is 14.0. The maximum absolute atomic E-state index is 12.2. The average Bonchev–Trinajstić information content (AvgIpc) is 2.74. The number of hydrogen-bond acceptors (Lipinski definition) is 5. The Balaban J connectivity index is 1.84. The average molecular weight is 350 g/mol. The number of aromatic nitrogens is 3. The van der Waals surface area contributed by atoms with Crippen molar-refractivity contribution in [2.75, 3.05) is 19.5 Å². The van der Waals surface area contributed by atoms with Crippen LogP contribution in [0.25, 0.3) is 0 Å². The van der Waals surface area contributed by atoms with Crippen LogP contribution in [-0.2, 0) is 40.8 Å². The molecule has 0 spiro atoms. The van der Waals surface area contributed by atoms with E-state index in [1.54, 1.807) is 0 Å². The molecule has 0 fully saturated rings. The molecule has 8 heteroatoms. The van der Waals surface area contributed by atoms with Crippen molar-refractivity contribution in [2.24, 2.45) is 0 Å². The minimum Gasteiger partial charge on any atom is -0.379 e. The molecule has 1 aliphatic heterocycles. The molecule has 2 heterocycles. The Bertz CT molecular complexity index is 816. The molecular weight excluding hydrogens is 328 g/mol. The summed E-state index contributed by atoms with van der Waals surface area (Å²) in [4.78, 5) is 0. The van der Waals surface area contributed by atoms with E-state index in [4.69, 9.17) is 4.74 Å². The van der Waals surface area contributed by atoms with Crippen LogP contribution in [0.3, 0.4) is 0 Å². The standard InChI is InChI=1S/C16H22N4O3S/c1-13-4-3-5-14(10-13)11-19(24(2,21)22)12-16-18-17-15-6-8-23-9-7-20(15)16/h3-5,10H,6-9,11-12H2,1-2H3. The second-order valence-corrected chi connectivity index (χ2v) is 8.05. The monoisotopic (exact) mass is 350 g/mol. The van der Waals surface area contributed by atoms with E-state index in [9.17, 15) is 8.42 Å². The molecule has 24 heavy (non-hydrogen) atoms. The first-order valence-corrected chi connectivity index (χ1v) is 9.77. The number of fused-ring (bicyclic) bond motifs is 1. The Hall–Kier alpha value is -1.77. The Kier molecular flexibility index (Phi) is 4.98. The lowest BCUT2D eigenvalue weighted by atomic mass is 10.1. The van der Waals surface area contributed by atoms with Crippen LogP contribution in [-0.4, -0.2) is 47.0 Å². The van der Waals surface area contributed by atoms with Crippen LogP contribution in [0.1, 0.15) is 22.8 Å². The Labute approximate surface area is 142 Å². The summed E-state index contributed by atoms with van der Waals surface area (Å²) in [5.74, 6) is 1.51. The van der Waals surface area contributed by atoms with Gasteiger partial charge in [-0.25, -0.2) is 8.42 Å². The number of ether oxygens (including phenoxy) is 1. The fraction of sp³-hybridized carbons (Fsp3) is 0.500. The summed E-state index contributed by atoms with van der Waals surface area (Å²) in [5, 5.41) is 8.39. The highest BCUT2D eigenvalue weighted by Gasteiger charge is 2.22. The van der Waals surface area contributed by atoms with Crippen molar-refractivity contribution in [3.63, 3.8) is 0 Å². The van der Waals surface area contributed by atoms with Crippen molar-refractivity contribution in [3.05, 3.63) is 47.0 Å². The third kappa shape index (κ3) is 4.00. The fourth-order valence-corrected chi connectivity index (χ4v) is 3.55. The van der Waals surface area contributed by atoms with E-state index in [1.807, 2.05) is 35.8 Å². The molecule has 0 unspecified atom stereocenters. The van der Waals surface area contributed by atoms with Crippen molar-refractivity contribution in [2.45, 2.75) is 33.0 Å². The minimum absolute atomic E-state index is 0.208.